The molecule has 6 nitrogen and oxygen atoms in total. The van der Waals surface area contributed by atoms with Crippen molar-refractivity contribution >= 4 is 45.3 Å². The summed E-state index contributed by atoms with van der Waals surface area (Å²) in [5.74, 6) is 0.851. The Hall–Kier alpha value is -3.97. The smallest absolute Gasteiger partial charge is 0.293 e. The summed E-state index contributed by atoms with van der Waals surface area (Å²) in [6, 6.07) is 23.1. The van der Waals surface area contributed by atoms with Crippen molar-refractivity contribution in [2.75, 3.05) is 0 Å². The minimum Gasteiger partial charge on any atom is -0.451 e. The quantitative estimate of drug-likeness (QED) is 0.300. The van der Waals surface area contributed by atoms with Crippen LogP contribution in [-0.2, 0) is 6.54 Å². The van der Waals surface area contributed by atoms with Crippen LogP contribution in [0.1, 0.15) is 41.4 Å². The van der Waals surface area contributed by atoms with E-state index >= 15 is 0 Å². The minimum atomic E-state index is -0.388. The average molecular weight is 470 g/mol. The highest BCUT2D eigenvalue weighted by Gasteiger charge is 2.14. The molecule has 0 fully saturated rings. The molecule has 0 saturated heterocycles. The number of carbonyl (C=O) groups is 1. The van der Waals surface area contributed by atoms with E-state index in [2.05, 4.69) is 41.6 Å². The molecular weight excluding hydrogens is 446 g/mol. The number of oxazole rings is 1. The predicted octanol–water partition coefficient (Wildman–Crippen LogP) is 6.17. The third-order valence-corrected chi connectivity index (χ3v) is 5.86. The number of hydrogen-bond donors (Lipinski definition) is 2. The maximum atomic E-state index is 12.4. The first-order chi connectivity index (χ1) is 16.5. The number of carbonyl (C=O) groups excluding carboxylic acids is 1. The molecule has 0 bridgehead atoms. The van der Waals surface area contributed by atoms with Gasteiger partial charge in [-0.25, -0.2) is 4.98 Å². The molecule has 0 saturated carbocycles. The number of hydrogen-bond acceptors (Lipinski definition) is 5. The number of nitrogens with zero attached hydrogens (tertiary/aromatic N) is 1. The predicted molar refractivity (Wildman–Crippen MR) is 137 cm³/mol. The molecule has 3 aromatic carbocycles. The van der Waals surface area contributed by atoms with Crippen molar-refractivity contribution in [3.8, 4) is 11.5 Å². The second-order valence-corrected chi connectivity index (χ2v) is 8.79. The lowest BCUT2D eigenvalue weighted by atomic mass is 10.0. The van der Waals surface area contributed by atoms with Gasteiger partial charge in [0.05, 0.1) is 0 Å². The number of rotatable bonds is 5. The van der Waals surface area contributed by atoms with Gasteiger partial charge in [0.25, 0.3) is 5.91 Å². The lowest BCUT2D eigenvalue weighted by molar-refractivity contribution is 0.0951. The zero-order valence-electron chi connectivity index (χ0n) is 18.8. The van der Waals surface area contributed by atoms with E-state index in [-0.39, 0.29) is 16.8 Å². The molecule has 0 radical (unpaired) electrons. The fourth-order valence-corrected chi connectivity index (χ4v) is 3.84. The average Bonchev–Trinajstić information content (AvgIpc) is 3.47. The van der Waals surface area contributed by atoms with Gasteiger partial charge >= 0.3 is 0 Å². The number of para-hydroxylation sites is 1. The highest BCUT2D eigenvalue weighted by molar-refractivity contribution is 7.80. The van der Waals surface area contributed by atoms with E-state index in [1.807, 2.05) is 54.6 Å². The SMILES string of the molecule is CC(C)c1ccc2oc(-c3ccc(CNC(=S)NC(=O)c4cc5ccccc5o4)cc3)nc2c1. The summed E-state index contributed by atoms with van der Waals surface area (Å²) < 4.78 is 11.5. The van der Waals surface area contributed by atoms with E-state index in [1.165, 1.54) is 5.56 Å². The maximum absolute atomic E-state index is 12.4. The van der Waals surface area contributed by atoms with Crippen molar-refractivity contribution in [3.63, 3.8) is 0 Å². The standard InChI is InChI=1S/C27H23N3O3S/c1-16(2)19-11-12-23-21(13-19)29-26(33-23)18-9-7-17(8-10-18)15-28-27(34)30-25(31)24-14-20-5-3-4-6-22(20)32-24/h3-14,16H,15H2,1-2H3,(H2,28,30,31,34). The van der Waals surface area contributed by atoms with Gasteiger partial charge in [-0.3, -0.25) is 10.1 Å². The number of benzene rings is 3. The van der Waals surface area contributed by atoms with E-state index in [4.69, 9.17) is 21.1 Å². The van der Waals surface area contributed by atoms with Gasteiger partial charge in [-0.1, -0.05) is 50.2 Å². The van der Waals surface area contributed by atoms with Crippen molar-refractivity contribution in [1.29, 1.82) is 0 Å². The molecule has 0 aliphatic rings. The van der Waals surface area contributed by atoms with E-state index in [9.17, 15) is 4.79 Å². The van der Waals surface area contributed by atoms with E-state index in [0.717, 1.165) is 27.6 Å². The van der Waals surface area contributed by atoms with Crippen molar-refractivity contribution in [2.45, 2.75) is 26.3 Å². The van der Waals surface area contributed by atoms with Crippen LogP contribution in [0.5, 0.6) is 0 Å². The summed E-state index contributed by atoms with van der Waals surface area (Å²) in [6.45, 7) is 4.78. The van der Waals surface area contributed by atoms with Gasteiger partial charge in [0.1, 0.15) is 11.1 Å². The lowest BCUT2D eigenvalue weighted by Gasteiger charge is -2.09. The second kappa shape index (κ2) is 9.11. The van der Waals surface area contributed by atoms with Crippen LogP contribution in [0.3, 0.4) is 0 Å². The van der Waals surface area contributed by atoms with Crippen LogP contribution in [-0.4, -0.2) is 16.0 Å². The summed E-state index contributed by atoms with van der Waals surface area (Å²) >= 11 is 5.27. The summed E-state index contributed by atoms with van der Waals surface area (Å²) in [6.07, 6.45) is 0. The normalized spacial score (nSPS) is 11.3. The number of furan rings is 1. The maximum Gasteiger partial charge on any atom is 0.293 e. The zero-order valence-corrected chi connectivity index (χ0v) is 19.6. The third kappa shape index (κ3) is 4.56. The van der Waals surface area contributed by atoms with Crippen LogP contribution < -0.4 is 10.6 Å². The molecule has 170 valence electrons. The molecular formula is C27H23N3O3S. The molecule has 0 atom stereocenters. The Kier molecular flexibility index (Phi) is 5.86. The van der Waals surface area contributed by atoms with Gasteiger partial charge in [0.2, 0.25) is 5.89 Å². The lowest BCUT2D eigenvalue weighted by Crippen LogP contribution is -2.38. The van der Waals surface area contributed by atoms with Crippen LogP contribution in [0.15, 0.2) is 81.6 Å². The molecule has 2 heterocycles. The highest BCUT2D eigenvalue weighted by Crippen LogP contribution is 2.27. The number of amides is 1. The largest absolute Gasteiger partial charge is 0.451 e. The molecule has 1 amide bonds. The van der Waals surface area contributed by atoms with Crippen molar-refractivity contribution in [3.05, 3.63) is 89.7 Å². The van der Waals surface area contributed by atoms with Crippen LogP contribution >= 0.6 is 12.2 Å². The molecule has 0 spiro atoms. The van der Waals surface area contributed by atoms with Crippen LogP contribution in [0.4, 0.5) is 0 Å². The summed E-state index contributed by atoms with van der Waals surface area (Å²) in [5.41, 5.74) is 5.42. The molecule has 0 unspecified atom stereocenters. The number of fused-ring (bicyclic) bond motifs is 2. The van der Waals surface area contributed by atoms with Crippen molar-refractivity contribution in [2.24, 2.45) is 0 Å². The van der Waals surface area contributed by atoms with Crippen LogP contribution in [0.2, 0.25) is 0 Å². The molecule has 0 aliphatic heterocycles. The molecule has 34 heavy (non-hydrogen) atoms. The van der Waals surface area contributed by atoms with Crippen LogP contribution in [0.25, 0.3) is 33.5 Å². The van der Waals surface area contributed by atoms with E-state index < -0.39 is 0 Å². The molecule has 0 aliphatic carbocycles. The van der Waals surface area contributed by atoms with Gasteiger partial charge in [-0.2, -0.15) is 0 Å². The molecule has 5 aromatic rings. The zero-order chi connectivity index (χ0) is 23.7. The second-order valence-electron chi connectivity index (χ2n) is 8.38. The van der Waals surface area contributed by atoms with Crippen molar-refractivity contribution < 1.29 is 13.6 Å². The topological polar surface area (TPSA) is 80.3 Å². The molecule has 5 rings (SSSR count). The Morgan fingerprint density at radius 3 is 2.53 bits per heavy atom. The van der Waals surface area contributed by atoms with E-state index in [1.54, 1.807) is 6.07 Å². The first-order valence-electron chi connectivity index (χ1n) is 11.0. The minimum absolute atomic E-state index is 0.216. The first-order valence-corrected chi connectivity index (χ1v) is 11.4. The first kappa shape index (κ1) is 21.9. The highest BCUT2D eigenvalue weighted by atomic mass is 32.1. The van der Waals surface area contributed by atoms with Gasteiger partial charge in [-0.05, 0) is 65.7 Å². The fraction of sp³-hybridized carbons (Fsp3) is 0.148. The monoisotopic (exact) mass is 469 g/mol. The number of thiocarbonyl (C=S) groups is 1. The Balaban J connectivity index is 1.20. The van der Waals surface area contributed by atoms with Gasteiger partial charge in [0.15, 0.2) is 16.5 Å². The summed E-state index contributed by atoms with van der Waals surface area (Å²) in [7, 11) is 0. The molecule has 2 aromatic heterocycles. The van der Waals surface area contributed by atoms with Gasteiger partial charge in [-0.15, -0.1) is 0 Å². The van der Waals surface area contributed by atoms with Crippen LogP contribution in [0, 0.1) is 0 Å². The third-order valence-electron chi connectivity index (χ3n) is 5.61. The van der Waals surface area contributed by atoms with E-state index in [0.29, 0.717) is 23.9 Å². The van der Waals surface area contributed by atoms with Gasteiger partial charge < -0.3 is 14.2 Å². The molecule has 2 N–H and O–H groups in total. The Morgan fingerprint density at radius 2 is 1.76 bits per heavy atom. The molecule has 7 heteroatoms. The fourth-order valence-electron chi connectivity index (χ4n) is 3.68. The van der Waals surface area contributed by atoms with Gasteiger partial charge in [0, 0.05) is 17.5 Å². The Labute approximate surface area is 202 Å². The summed E-state index contributed by atoms with van der Waals surface area (Å²) in [4.78, 5) is 17.1. The Morgan fingerprint density at radius 1 is 0.971 bits per heavy atom. The van der Waals surface area contributed by atoms with Crippen molar-refractivity contribution in [1.82, 2.24) is 15.6 Å². The Bertz CT molecular complexity index is 1470. The number of aromatic nitrogens is 1. The summed E-state index contributed by atoms with van der Waals surface area (Å²) in [5, 5.41) is 6.80. The number of nitrogens with one attached hydrogen (secondary N) is 2.